The van der Waals surface area contributed by atoms with Crippen molar-refractivity contribution >= 4 is 0 Å². The van der Waals surface area contributed by atoms with Gasteiger partial charge in [0.25, 0.3) is 0 Å². The molecule has 0 amide bonds. The van der Waals surface area contributed by atoms with Crippen molar-refractivity contribution in [3.63, 3.8) is 0 Å². The molecular weight excluding hydrogens is 248 g/mol. The van der Waals surface area contributed by atoms with E-state index in [1.807, 2.05) is 0 Å². The molecule has 2 fully saturated rings. The van der Waals surface area contributed by atoms with Gasteiger partial charge in [0.05, 0.1) is 18.7 Å². The Morgan fingerprint density at radius 3 is 2.70 bits per heavy atom. The van der Waals surface area contributed by atoms with E-state index >= 15 is 0 Å². The number of hydrogen-bond acceptors (Lipinski definition) is 3. The highest BCUT2D eigenvalue weighted by Gasteiger charge is 2.43. The maximum atomic E-state index is 5.90. The normalized spacial score (nSPS) is 30.2. The number of likely N-dealkylation sites (tertiary alicyclic amines) is 1. The minimum absolute atomic E-state index is 0.0534. The summed E-state index contributed by atoms with van der Waals surface area (Å²) in [6.07, 6.45) is 5.09. The monoisotopic (exact) mass is 278 g/mol. The van der Waals surface area contributed by atoms with E-state index in [9.17, 15) is 0 Å². The molecule has 2 saturated heterocycles. The fourth-order valence-electron chi connectivity index (χ4n) is 3.76. The largest absolute Gasteiger partial charge is 0.376 e. The predicted molar refractivity (Wildman–Crippen MR) is 83.7 cm³/mol. The molecule has 114 valence electrons. The van der Waals surface area contributed by atoms with E-state index in [1.54, 1.807) is 0 Å². The summed E-state index contributed by atoms with van der Waals surface area (Å²) < 4.78 is 5.90. The van der Waals surface area contributed by atoms with Crippen LogP contribution in [0.15, 0.2) is 0 Å². The van der Waals surface area contributed by atoms with Crippen LogP contribution in [0.2, 0.25) is 0 Å². The van der Waals surface area contributed by atoms with Crippen molar-refractivity contribution in [1.29, 1.82) is 0 Å². The van der Waals surface area contributed by atoms with E-state index in [1.165, 1.54) is 38.8 Å². The van der Waals surface area contributed by atoms with Crippen molar-refractivity contribution in [3.05, 3.63) is 0 Å². The van der Waals surface area contributed by atoms with Crippen LogP contribution in [0, 0.1) is 17.3 Å². The van der Waals surface area contributed by atoms with Gasteiger partial charge in [0.1, 0.15) is 0 Å². The van der Waals surface area contributed by atoms with Gasteiger partial charge in [-0.3, -0.25) is 9.80 Å². The number of nitrogens with zero attached hydrogens (tertiary/aromatic N) is 2. The highest BCUT2D eigenvalue weighted by molar-refractivity contribution is 5.04. The molecule has 0 aromatic carbocycles. The third kappa shape index (κ3) is 4.48. The smallest absolute Gasteiger partial charge is 0.0632 e. The van der Waals surface area contributed by atoms with Crippen molar-refractivity contribution < 1.29 is 4.74 Å². The molecule has 2 heterocycles. The molecule has 0 aliphatic carbocycles. The van der Waals surface area contributed by atoms with Crippen LogP contribution in [0.4, 0.5) is 0 Å². The van der Waals surface area contributed by atoms with Gasteiger partial charge in [-0.2, -0.15) is 0 Å². The van der Waals surface area contributed by atoms with Crippen LogP contribution >= 0.6 is 0 Å². The van der Waals surface area contributed by atoms with Gasteiger partial charge in [-0.25, -0.2) is 0 Å². The molecule has 0 unspecified atom stereocenters. The molecule has 3 heteroatoms. The van der Waals surface area contributed by atoms with Crippen molar-refractivity contribution in [3.8, 4) is 11.8 Å². The molecule has 1 spiro atoms. The van der Waals surface area contributed by atoms with E-state index in [2.05, 4.69) is 49.6 Å². The highest BCUT2D eigenvalue weighted by atomic mass is 16.5. The average molecular weight is 278 g/mol. The zero-order chi connectivity index (χ0) is 14.6. The van der Waals surface area contributed by atoms with E-state index in [0.29, 0.717) is 5.41 Å². The standard InChI is InChI=1S/C17H30N2O/c1-16(2)14-17(9-13-20-16)8-7-12-19(15-17)11-6-5-10-18(3)4/h7-15H2,1-4H3/t17-/m0/s1. The second kappa shape index (κ2) is 6.47. The van der Waals surface area contributed by atoms with Gasteiger partial charge in [-0.1, -0.05) is 11.8 Å². The minimum Gasteiger partial charge on any atom is -0.376 e. The minimum atomic E-state index is 0.0534. The van der Waals surface area contributed by atoms with Gasteiger partial charge in [-0.05, 0) is 65.6 Å². The van der Waals surface area contributed by atoms with Gasteiger partial charge >= 0.3 is 0 Å². The lowest BCUT2D eigenvalue weighted by atomic mass is 9.69. The molecule has 2 rings (SSSR count). The number of ether oxygens (including phenoxy) is 1. The molecule has 0 N–H and O–H groups in total. The highest BCUT2D eigenvalue weighted by Crippen LogP contribution is 2.44. The first-order valence-electron chi connectivity index (χ1n) is 7.88. The molecule has 2 aliphatic rings. The second-order valence-electron chi connectivity index (χ2n) is 7.44. The van der Waals surface area contributed by atoms with E-state index < -0.39 is 0 Å². The van der Waals surface area contributed by atoms with Gasteiger partial charge in [0, 0.05) is 13.2 Å². The molecule has 3 nitrogen and oxygen atoms in total. The Morgan fingerprint density at radius 2 is 2.00 bits per heavy atom. The fraction of sp³-hybridized carbons (Fsp3) is 0.882. The van der Waals surface area contributed by atoms with Crippen LogP contribution < -0.4 is 0 Å². The first-order valence-corrected chi connectivity index (χ1v) is 7.88. The van der Waals surface area contributed by atoms with Crippen LogP contribution in [0.1, 0.15) is 39.5 Å². The quantitative estimate of drug-likeness (QED) is 0.720. The molecule has 0 radical (unpaired) electrons. The number of hydrogen-bond donors (Lipinski definition) is 0. The lowest BCUT2D eigenvalue weighted by molar-refractivity contribution is -0.121. The lowest BCUT2D eigenvalue weighted by Crippen LogP contribution is -2.50. The summed E-state index contributed by atoms with van der Waals surface area (Å²) in [7, 11) is 4.13. The third-order valence-corrected chi connectivity index (χ3v) is 4.49. The maximum absolute atomic E-state index is 5.90. The maximum Gasteiger partial charge on any atom is 0.0632 e. The predicted octanol–water partition coefficient (Wildman–Crippen LogP) is 2.22. The molecule has 20 heavy (non-hydrogen) atoms. The van der Waals surface area contributed by atoms with Crippen molar-refractivity contribution in [2.75, 3.05) is 46.9 Å². The molecule has 0 aromatic rings. The molecule has 0 saturated carbocycles. The summed E-state index contributed by atoms with van der Waals surface area (Å²) >= 11 is 0. The Bertz CT molecular complexity index is 376. The van der Waals surface area contributed by atoms with Crippen LogP contribution in [0.25, 0.3) is 0 Å². The fourth-order valence-corrected chi connectivity index (χ4v) is 3.76. The molecule has 0 bridgehead atoms. The zero-order valence-electron chi connectivity index (χ0n) is 13.7. The Morgan fingerprint density at radius 1 is 1.20 bits per heavy atom. The summed E-state index contributed by atoms with van der Waals surface area (Å²) in [6.45, 7) is 9.60. The summed E-state index contributed by atoms with van der Waals surface area (Å²) in [5, 5.41) is 0. The van der Waals surface area contributed by atoms with E-state index in [-0.39, 0.29) is 5.60 Å². The topological polar surface area (TPSA) is 15.7 Å². The molecule has 1 atom stereocenters. The first-order chi connectivity index (χ1) is 9.41. The Kier molecular flexibility index (Phi) is 5.12. The third-order valence-electron chi connectivity index (χ3n) is 4.49. The zero-order valence-corrected chi connectivity index (χ0v) is 13.7. The van der Waals surface area contributed by atoms with Crippen LogP contribution in [-0.2, 0) is 4.74 Å². The summed E-state index contributed by atoms with van der Waals surface area (Å²) in [5.41, 5.74) is 0.529. The van der Waals surface area contributed by atoms with Gasteiger partial charge in [0.2, 0.25) is 0 Å². The Hall–Kier alpha value is -0.560. The average Bonchev–Trinajstić information content (AvgIpc) is 2.33. The van der Waals surface area contributed by atoms with E-state index in [0.717, 1.165) is 19.7 Å². The number of rotatable bonds is 2. The summed E-state index contributed by atoms with van der Waals surface area (Å²) in [4.78, 5) is 4.67. The number of piperidine rings is 1. The molecule has 2 aliphatic heterocycles. The molecular formula is C17H30N2O. The second-order valence-corrected chi connectivity index (χ2v) is 7.44. The Balaban J connectivity index is 1.89. The molecule has 0 aromatic heterocycles. The van der Waals surface area contributed by atoms with Crippen molar-refractivity contribution in [2.24, 2.45) is 5.41 Å². The van der Waals surface area contributed by atoms with Crippen LogP contribution in [-0.4, -0.2) is 62.3 Å². The summed E-state index contributed by atoms with van der Waals surface area (Å²) in [6, 6.07) is 0. The first kappa shape index (κ1) is 15.8. The van der Waals surface area contributed by atoms with E-state index in [4.69, 9.17) is 4.74 Å². The van der Waals surface area contributed by atoms with Crippen LogP contribution in [0.3, 0.4) is 0 Å². The van der Waals surface area contributed by atoms with Crippen molar-refractivity contribution in [2.45, 2.75) is 45.1 Å². The van der Waals surface area contributed by atoms with Gasteiger partial charge < -0.3 is 4.74 Å². The van der Waals surface area contributed by atoms with Crippen LogP contribution in [0.5, 0.6) is 0 Å². The van der Waals surface area contributed by atoms with Crippen molar-refractivity contribution in [1.82, 2.24) is 9.80 Å². The van der Waals surface area contributed by atoms with Gasteiger partial charge in [0.15, 0.2) is 0 Å². The lowest BCUT2D eigenvalue weighted by Gasteiger charge is -2.49. The summed E-state index contributed by atoms with van der Waals surface area (Å²) in [5.74, 6) is 6.58. The SMILES string of the molecule is CN(C)CC#CCN1CCC[C@@]2(CCOC(C)(C)C2)C1. The van der Waals surface area contributed by atoms with Gasteiger partial charge in [-0.15, -0.1) is 0 Å². The Labute approximate surface area is 124 Å².